The zero-order chi connectivity index (χ0) is 15.5. The molecule has 0 fully saturated rings. The summed E-state index contributed by atoms with van der Waals surface area (Å²) in [5.74, 6) is 1.14. The largest absolute Gasteiger partial charge is 0.497 e. The topological polar surface area (TPSA) is 34.0 Å². The van der Waals surface area contributed by atoms with Crippen molar-refractivity contribution < 1.29 is 4.74 Å². The second-order valence-electron chi connectivity index (χ2n) is 5.47. The Morgan fingerprint density at radius 2 is 1.82 bits per heavy atom. The van der Waals surface area contributed by atoms with Gasteiger partial charge in [-0.3, -0.25) is 0 Å². The maximum absolute atomic E-state index is 5.41. The number of fused-ring (bicyclic) bond motifs is 1. The van der Waals surface area contributed by atoms with E-state index in [0.717, 1.165) is 34.7 Å². The molecule has 0 N–H and O–H groups in total. The van der Waals surface area contributed by atoms with Crippen LogP contribution in [0, 0.1) is 0 Å². The molecule has 1 atom stereocenters. The smallest absolute Gasteiger partial charge is 0.119 e. The highest BCUT2D eigenvalue weighted by Gasteiger charge is 2.23. The van der Waals surface area contributed by atoms with Crippen LogP contribution in [0.4, 0.5) is 0 Å². The Bertz CT molecular complexity index is 732. The molecule has 2 aromatic rings. The number of benzene rings is 2. The molecule has 0 bridgehead atoms. The lowest BCUT2D eigenvalue weighted by molar-refractivity contribution is 0.414. The second kappa shape index (κ2) is 6.14. The van der Waals surface area contributed by atoms with Gasteiger partial charge in [0.25, 0.3) is 0 Å². The Hall–Kier alpha value is -2.42. The lowest BCUT2D eigenvalue weighted by Gasteiger charge is -2.18. The van der Waals surface area contributed by atoms with Gasteiger partial charge in [0.15, 0.2) is 0 Å². The van der Waals surface area contributed by atoms with Gasteiger partial charge in [0, 0.05) is 22.8 Å². The van der Waals surface area contributed by atoms with Crippen molar-refractivity contribution in [2.24, 2.45) is 10.2 Å². The highest BCUT2D eigenvalue weighted by atomic mass is 16.5. The third-order valence-electron chi connectivity index (χ3n) is 4.16. The molecule has 0 saturated heterocycles. The Morgan fingerprint density at radius 1 is 1.05 bits per heavy atom. The maximum Gasteiger partial charge on any atom is 0.119 e. The molecule has 1 aliphatic rings. The van der Waals surface area contributed by atoms with E-state index >= 15 is 0 Å². The number of rotatable bonds is 3. The number of nitrogens with zero attached hydrogens (tertiary/aromatic N) is 2. The Kier molecular flexibility index (Phi) is 4.05. The molecule has 3 rings (SSSR count). The summed E-state index contributed by atoms with van der Waals surface area (Å²) in [6, 6.07) is 16.4. The molecule has 1 aliphatic heterocycles. The van der Waals surface area contributed by atoms with Gasteiger partial charge in [-0.25, -0.2) is 0 Å². The lowest BCUT2D eigenvalue weighted by Crippen LogP contribution is -2.12. The SMILES string of the molecule is CCC1C(C)=NN=C(c2ccccc2)c2cc(OC)ccc21. The first-order chi connectivity index (χ1) is 10.7. The minimum absolute atomic E-state index is 0.297. The molecule has 0 spiro atoms. The van der Waals surface area contributed by atoms with Crippen LogP contribution in [-0.4, -0.2) is 18.5 Å². The van der Waals surface area contributed by atoms with Gasteiger partial charge in [-0.2, -0.15) is 5.10 Å². The minimum Gasteiger partial charge on any atom is -0.497 e. The number of hydrogen-bond acceptors (Lipinski definition) is 3. The fourth-order valence-corrected chi connectivity index (χ4v) is 2.97. The quantitative estimate of drug-likeness (QED) is 0.824. The number of hydrogen-bond donors (Lipinski definition) is 0. The van der Waals surface area contributed by atoms with E-state index in [-0.39, 0.29) is 0 Å². The van der Waals surface area contributed by atoms with Gasteiger partial charge in [-0.15, -0.1) is 5.10 Å². The molecule has 1 unspecified atom stereocenters. The van der Waals surface area contributed by atoms with Gasteiger partial charge in [0.2, 0.25) is 0 Å². The van der Waals surface area contributed by atoms with Gasteiger partial charge < -0.3 is 4.74 Å². The van der Waals surface area contributed by atoms with Crippen LogP contribution in [0.5, 0.6) is 5.75 Å². The summed E-state index contributed by atoms with van der Waals surface area (Å²) in [6.07, 6.45) is 1.01. The molecule has 0 aliphatic carbocycles. The van der Waals surface area contributed by atoms with E-state index in [0.29, 0.717) is 5.92 Å². The molecule has 3 heteroatoms. The van der Waals surface area contributed by atoms with Crippen LogP contribution in [0.2, 0.25) is 0 Å². The van der Waals surface area contributed by atoms with Crippen LogP contribution in [0.15, 0.2) is 58.7 Å². The van der Waals surface area contributed by atoms with Crippen molar-refractivity contribution in [3.63, 3.8) is 0 Å². The lowest BCUT2D eigenvalue weighted by atomic mass is 9.86. The van der Waals surface area contributed by atoms with E-state index in [9.17, 15) is 0 Å². The Balaban J connectivity index is 2.23. The first kappa shape index (κ1) is 14.5. The molecule has 1 heterocycles. The van der Waals surface area contributed by atoms with Gasteiger partial charge in [0.05, 0.1) is 7.11 Å². The predicted octanol–water partition coefficient (Wildman–Crippen LogP) is 4.42. The second-order valence-corrected chi connectivity index (χ2v) is 5.47. The summed E-state index contributed by atoms with van der Waals surface area (Å²) in [4.78, 5) is 0. The van der Waals surface area contributed by atoms with E-state index < -0.39 is 0 Å². The Labute approximate surface area is 131 Å². The minimum atomic E-state index is 0.297. The molecular formula is C19H20N2O. The van der Waals surface area contributed by atoms with Gasteiger partial charge in [-0.05, 0) is 31.0 Å². The third kappa shape index (κ3) is 2.54. The van der Waals surface area contributed by atoms with Crippen molar-refractivity contribution in [2.45, 2.75) is 26.2 Å². The monoisotopic (exact) mass is 292 g/mol. The summed E-state index contributed by atoms with van der Waals surface area (Å²) in [5.41, 5.74) is 5.41. The van der Waals surface area contributed by atoms with Crippen LogP contribution < -0.4 is 4.74 Å². The standard InChI is InChI=1S/C19H20N2O/c1-4-16-13(2)20-21-19(14-8-6-5-7-9-14)18-12-15(22-3)10-11-17(16)18/h5-12,16H,4H2,1-3H3. The summed E-state index contributed by atoms with van der Waals surface area (Å²) in [5, 5.41) is 9.01. The molecule has 22 heavy (non-hydrogen) atoms. The zero-order valence-electron chi connectivity index (χ0n) is 13.2. The Morgan fingerprint density at radius 3 is 2.50 bits per heavy atom. The van der Waals surface area contributed by atoms with E-state index in [4.69, 9.17) is 4.74 Å². The molecular weight excluding hydrogens is 272 g/mol. The fourth-order valence-electron chi connectivity index (χ4n) is 2.97. The highest BCUT2D eigenvalue weighted by Crippen LogP contribution is 2.32. The van der Waals surface area contributed by atoms with Crippen molar-refractivity contribution in [3.05, 3.63) is 65.2 Å². The van der Waals surface area contributed by atoms with Crippen molar-refractivity contribution in [1.29, 1.82) is 0 Å². The predicted molar refractivity (Wildman–Crippen MR) is 91.2 cm³/mol. The van der Waals surface area contributed by atoms with Gasteiger partial charge in [0.1, 0.15) is 11.5 Å². The average molecular weight is 292 g/mol. The number of methoxy groups -OCH3 is 1. The molecule has 2 aromatic carbocycles. The van der Waals surface area contributed by atoms with Crippen molar-refractivity contribution in [3.8, 4) is 5.75 Å². The molecule has 0 radical (unpaired) electrons. The van der Waals surface area contributed by atoms with Crippen LogP contribution >= 0.6 is 0 Å². The molecule has 3 nitrogen and oxygen atoms in total. The highest BCUT2D eigenvalue weighted by molar-refractivity contribution is 6.15. The number of ether oxygens (including phenoxy) is 1. The first-order valence-electron chi connectivity index (χ1n) is 7.60. The van der Waals surface area contributed by atoms with Crippen molar-refractivity contribution in [1.82, 2.24) is 0 Å². The summed E-state index contributed by atoms with van der Waals surface area (Å²) in [6.45, 7) is 4.24. The van der Waals surface area contributed by atoms with E-state index in [2.05, 4.69) is 48.3 Å². The van der Waals surface area contributed by atoms with Crippen LogP contribution in [-0.2, 0) is 0 Å². The molecule has 0 amide bonds. The normalized spacial score (nSPS) is 17.1. The third-order valence-corrected chi connectivity index (χ3v) is 4.16. The van der Waals surface area contributed by atoms with Crippen LogP contribution in [0.1, 0.15) is 42.9 Å². The fraction of sp³-hybridized carbons (Fsp3) is 0.263. The average Bonchev–Trinajstić information content (AvgIpc) is 2.71. The summed E-state index contributed by atoms with van der Waals surface area (Å²) < 4.78 is 5.41. The summed E-state index contributed by atoms with van der Waals surface area (Å²) >= 11 is 0. The van der Waals surface area contributed by atoms with Crippen LogP contribution in [0.25, 0.3) is 0 Å². The zero-order valence-corrected chi connectivity index (χ0v) is 13.2. The molecule has 112 valence electrons. The summed E-state index contributed by atoms with van der Waals surface area (Å²) in [7, 11) is 1.69. The van der Waals surface area contributed by atoms with Crippen molar-refractivity contribution in [2.75, 3.05) is 7.11 Å². The van der Waals surface area contributed by atoms with E-state index in [1.807, 2.05) is 24.3 Å². The van der Waals surface area contributed by atoms with Gasteiger partial charge >= 0.3 is 0 Å². The van der Waals surface area contributed by atoms with Crippen LogP contribution in [0.3, 0.4) is 0 Å². The molecule has 0 aromatic heterocycles. The maximum atomic E-state index is 5.41. The van der Waals surface area contributed by atoms with Gasteiger partial charge in [-0.1, -0.05) is 43.3 Å². The first-order valence-corrected chi connectivity index (χ1v) is 7.60. The van der Waals surface area contributed by atoms with E-state index in [1.165, 1.54) is 5.56 Å². The van der Waals surface area contributed by atoms with E-state index in [1.54, 1.807) is 7.11 Å². The molecule has 0 saturated carbocycles. The van der Waals surface area contributed by atoms with Crippen molar-refractivity contribution >= 4 is 11.4 Å².